The van der Waals surface area contributed by atoms with E-state index >= 15 is 0 Å². The molecule has 0 amide bonds. The first kappa shape index (κ1) is 12.9. The molecule has 0 atom stereocenters. The van der Waals surface area contributed by atoms with Crippen LogP contribution in [0.3, 0.4) is 0 Å². The lowest BCUT2D eigenvalue weighted by atomic mass is 10.1. The molecule has 2 heteroatoms. The van der Waals surface area contributed by atoms with Crippen molar-refractivity contribution in [2.75, 3.05) is 6.54 Å². The highest BCUT2D eigenvalue weighted by atomic mass is 19.1. The molecule has 16 heavy (non-hydrogen) atoms. The molecule has 0 radical (unpaired) electrons. The van der Waals surface area contributed by atoms with Crippen molar-refractivity contribution in [2.45, 2.75) is 33.2 Å². The third kappa shape index (κ3) is 4.58. The number of hydrogen-bond acceptors (Lipinski definition) is 1. The summed E-state index contributed by atoms with van der Waals surface area (Å²) >= 11 is 0. The van der Waals surface area contributed by atoms with Crippen LogP contribution in [0.5, 0.6) is 0 Å². The van der Waals surface area contributed by atoms with Crippen LogP contribution in [0.15, 0.2) is 24.3 Å². The Balaban J connectivity index is 2.41. The summed E-state index contributed by atoms with van der Waals surface area (Å²) in [5, 5.41) is 3.33. The molecule has 0 bridgehead atoms. The highest BCUT2D eigenvalue weighted by Gasteiger charge is 1.96. The summed E-state index contributed by atoms with van der Waals surface area (Å²) in [6.07, 6.45) is 5.00. The first-order chi connectivity index (χ1) is 7.59. The molecule has 0 spiro atoms. The topological polar surface area (TPSA) is 12.0 Å². The van der Waals surface area contributed by atoms with E-state index < -0.39 is 0 Å². The van der Waals surface area contributed by atoms with Crippen molar-refractivity contribution in [3.8, 4) is 0 Å². The number of aryl methyl sites for hydroxylation is 1. The van der Waals surface area contributed by atoms with Crippen LogP contribution in [0.4, 0.5) is 4.39 Å². The Morgan fingerprint density at radius 3 is 2.75 bits per heavy atom. The van der Waals surface area contributed by atoms with Gasteiger partial charge in [0.1, 0.15) is 5.82 Å². The van der Waals surface area contributed by atoms with Gasteiger partial charge in [0.05, 0.1) is 0 Å². The van der Waals surface area contributed by atoms with Crippen molar-refractivity contribution in [3.05, 3.63) is 41.2 Å². The molecular weight excluding hydrogens is 201 g/mol. The maximum atomic E-state index is 13.2. The fourth-order valence-electron chi connectivity index (χ4n) is 1.39. The average Bonchev–Trinajstić information content (AvgIpc) is 2.22. The molecular formula is C14H20FN. The molecule has 0 unspecified atom stereocenters. The van der Waals surface area contributed by atoms with E-state index in [0.717, 1.165) is 18.5 Å². The van der Waals surface area contributed by atoms with E-state index in [4.69, 9.17) is 0 Å². The van der Waals surface area contributed by atoms with Gasteiger partial charge in [-0.25, -0.2) is 4.39 Å². The summed E-state index contributed by atoms with van der Waals surface area (Å²) in [7, 11) is 0. The van der Waals surface area contributed by atoms with Crippen molar-refractivity contribution in [1.29, 1.82) is 0 Å². The maximum absolute atomic E-state index is 13.2. The lowest BCUT2D eigenvalue weighted by Crippen LogP contribution is -2.23. The van der Waals surface area contributed by atoms with Crippen LogP contribution < -0.4 is 5.32 Å². The predicted octanol–water partition coefficient (Wildman–Crippen LogP) is 3.54. The monoisotopic (exact) mass is 221 g/mol. The molecule has 0 aliphatic heterocycles. The zero-order valence-electron chi connectivity index (χ0n) is 10.3. The molecule has 88 valence electrons. The zero-order valence-corrected chi connectivity index (χ0v) is 10.3. The third-order valence-corrected chi connectivity index (χ3v) is 2.37. The van der Waals surface area contributed by atoms with Crippen molar-refractivity contribution in [3.63, 3.8) is 0 Å². The Labute approximate surface area is 97.4 Å². The Hall–Kier alpha value is -1.15. The van der Waals surface area contributed by atoms with Gasteiger partial charge in [0.15, 0.2) is 0 Å². The van der Waals surface area contributed by atoms with Crippen LogP contribution in [0, 0.1) is 12.7 Å². The van der Waals surface area contributed by atoms with Gasteiger partial charge in [0.25, 0.3) is 0 Å². The molecule has 0 heterocycles. The Morgan fingerprint density at radius 1 is 1.38 bits per heavy atom. The molecule has 0 aliphatic rings. The van der Waals surface area contributed by atoms with Crippen LogP contribution in [0.25, 0.3) is 6.08 Å². The second kappa shape index (κ2) is 6.44. The van der Waals surface area contributed by atoms with Crippen LogP contribution >= 0.6 is 0 Å². The molecule has 0 saturated heterocycles. The molecule has 0 saturated carbocycles. The quantitative estimate of drug-likeness (QED) is 0.750. The fraction of sp³-hybridized carbons (Fsp3) is 0.429. The Morgan fingerprint density at radius 2 is 2.12 bits per heavy atom. The van der Waals surface area contributed by atoms with Crippen LogP contribution in [-0.2, 0) is 0 Å². The van der Waals surface area contributed by atoms with Gasteiger partial charge in [-0.1, -0.05) is 38.1 Å². The molecule has 0 aliphatic carbocycles. The van der Waals surface area contributed by atoms with Crippen molar-refractivity contribution in [1.82, 2.24) is 5.32 Å². The van der Waals surface area contributed by atoms with E-state index in [1.165, 1.54) is 0 Å². The molecule has 0 fully saturated rings. The van der Waals surface area contributed by atoms with Gasteiger partial charge in [0.2, 0.25) is 0 Å². The van der Waals surface area contributed by atoms with E-state index in [0.29, 0.717) is 11.6 Å². The highest BCUT2D eigenvalue weighted by Crippen LogP contribution is 2.10. The normalized spacial score (nSPS) is 11.6. The molecule has 1 nitrogen and oxygen atoms in total. The number of benzene rings is 1. The fourth-order valence-corrected chi connectivity index (χ4v) is 1.39. The third-order valence-electron chi connectivity index (χ3n) is 2.37. The summed E-state index contributed by atoms with van der Waals surface area (Å²) in [5.74, 6) is -0.137. The second-order valence-corrected chi connectivity index (χ2v) is 4.31. The van der Waals surface area contributed by atoms with Gasteiger partial charge >= 0.3 is 0 Å². The van der Waals surface area contributed by atoms with Gasteiger partial charge in [-0.15, -0.1) is 0 Å². The summed E-state index contributed by atoms with van der Waals surface area (Å²) in [4.78, 5) is 0. The van der Waals surface area contributed by atoms with Crippen LogP contribution in [0.2, 0.25) is 0 Å². The molecule has 1 aromatic rings. The lowest BCUT2D eigenvalue weighted by molar-refractivity contribution is 0.595. The summed E-state index contributed by atoms with van der Waals surface area (Å²) in [6.45, 7) is 6.98. The minimum atomic E-state index is -0.137. The minimum Gasteiger partial charge on any atom is -0.314 e. The number of hydrogen-bond donors (Lipinski definition) is 1. The first-order valence-electron chi connectivity index (χ1n) is 5.75. The van der Waals surface area contributed by atoms with E-state index in [1.807, 2.05) is 12.1 Å². The molecule has 1 rings (SSSR count). The van der Waals surface area contributed by atoms with E-state index in [-0.39, 0.29) is 5.82 Å². The molecule has 1 N–H and O–H groups in total. The molecule has 0 aromatic heterocycles. The SMILES string of the molecule is Cc1ccc(/C=C/CCNC(C)C)cc1F. The van der Waals surface area contributed by atoms with Crippen molar-refractivity contribution < 1.29 is 4.39 Å². The highest BCUT2D eigenvalue weighted by molar-refractivity contribution is 5.49. The zero-order chi connectivity index (χ0) is 12.0. The van der Waals surface area contributed by atoms with E-state index in [9.17, 15) is 4.39 Å². The van der Waals surface area contributed by atoms with E-state index in [1.54, 1.807) is 19.1 Å². The average molecular weight is 221 g/mol. The van der Waals surface area contributed by atoms with Gasteiger partial charge in [-0.05, 0) is 37.1 Å². The van der Waals surface area contributed by atoms with Gasteiger partial charge < -0.3 is 5.32 Å². The van der Waals surface area contributed by atoms with Crippen molar-refractivity contribution >= 4 is 6.08 Å². The Kier molecular flexibility index (Phi) is 5.20. The van der Waals surface area contributed by atoms with Gasteiger partial charge in [0, 0.05) is 6.04 Å². The van der Waals surface area contributed by atoms with Gasteiger partial charge in [-0.3, -0.25) is 0 Å². The number of nitrogens with one attached hydrogen (secondary N) is 1. The summed E-state index contributed by atoms with van der Waals surface area (Å²) < 4.78 is 13.2. The summed E-state index contributed by atoms with van der Waals surface area (Å²) in [5.41, 5.74) is 1.62. The largest absolute Gasteiger partial charge is 0.314 e. The van der Waals surface area contributed by atoms with E-state index in [2.05, 4.69) is 25.2 Å². The maximum Gasteiger partial charge on any atom is 0.126 e. The minimum absolute atomic E-state index is 0.137. The Bertz CT molecular complexity index is 356. The standard InChI is InChI=1S/C14H20FN/c1-11(2)16-9-5-4-6-13-8-7-12(3)14(15)10-13/h4,6-8,10-11,16H,5,9H2,1-3H3/b6-4+. The summed E-state index contributed by atoms with van der Waals surface area (Å²) in [6, 6.07) is 5.83. The smallest absolute Gasteiger partial charge is 0.126 e. The number of rotatable bonds is 5. The van der Waals surface area contributed by atoms with Crippen LogP contribution in [0.1, 0.15) is 31.4 Å². The first-order valence-corrected chi connectivity index (χ1v) is 5.75. The predicted molar refractivity (Wildman–Crippen MR) is 67.9 cm³/mol. The van der Waals surface area contributed by atoms with Crippen molar-refractivity contribution in [2.24, 2.45) is 0 Å². The second-order valence-electron chi connectivity index (χ2n) is 4.31. The molecule has 1 aromatic carbocycles. The van der Waals surface area contributed by atoms with Crippen LogP contribution in [-0.4, -0.2) is 12.6 Å². The number of halogens is 1. The lowest BCUT2D eigenvalue weighted by Gasteiger charge is -2.04. The van der Waals surface area contributed by atoms with Gasteiger partial charge in [-0.2, -0.15) is 0 Å².